The van der Waals surface area contributed by atoms with Gasteiger partial charge in [0.1, 0.15) is 18.5 Å². The number of likely N-dealkylation sites (N-methyl/N-ethyl adjacent to an activating group) is 1. The lowest BCUT2D eigenvalue weighted by Crippen LogP contribution is -2.39. The summed E-state index contributed by atoms with van der Waals surface area (Å²) in [5.41, 5.74) is 1.36. The minimum absolute atomic E-state index is 0.319. The van der Waals surface area contributed by atoms with Crippen LogP contribution in [0.3, 0.4) is 0 Å². The summed E-state index contributed by atoms with van der Waals surface area (Å²) >= 11 is 1.73. The Kier molecular flexibility index (Phi) is 6.23. The molecule has 2 atom stereocenters. The largest absolute Gasteiger partial charge is 0.491 e. The van der Waals surface area contributed by atoms with E-state index in [1.54, 1.807) is 11.3 Å². The molecule has 0 saturated heterocycles. The first kappa shape index (κ1) is 16.0. The SMILES string of the molecule is CC(Cc1ccsc1)N(C)CC(O)COc1ccccc1. The van der Waals surface area contributed by atoms with Crippen molar-refractivity contribution in [3.8, 4) is 5.75 Å². The highest BCUT2D eigenvalue weighted by Crippen LogP contribution is 2.12. The molecule has 1 aromatic carbocycles. The number of rotatable bonds is 8. The van der Waals surface area contributed by atoms with Crippen molar-refractivity contribution in [1.82, 2.24) is 4.90 Å². The molecule has 1 heterocycles. The van der Waals surface area contributed by atoms with Gasteiger partial charge in [0.2, 0.25) is 0 Å². The summed E-state index contributed by atoms with van der Waals surface area (Å²) in [5.74, 6) is 0.797. The van der Waals surface area contributed by atoms with Crippen molar-refractivity contribution in [3.05, 3.63) is 52.7 Å². The fraction of sp³-hybridized carbons (Fsp3) is 0.412. The Morgan fingerprint density at radius 1 is 1.24 bits per heavy atom. The summed E-state index contributed by atoms with van der Waals surface area (Å²) in [6, 6.07) is 12.2. The molecular formula is C17H23NO2S. The molecule has 0 aliphatic heterocycles. The Bertz CT molecular complexity index is 501. The molecule has 0 fully saturated rings. The van der Waals surface area contributed by atoms with Crippen molar-refractivity contribution < 1.29 is 9.84 Å². The zero-order chi connectivity index (χ0) is 15.1. The lowest BCUT2D eigenvalue weighted by atomic mass is 10.1. The van der Waals surface area contributed by atoms with Crippen molar-refractivity contribution in [2.75, 3.05) is 20.2 Å². The van der Waals surface area contributed by atoms with Crippen LogP contribution in [-0.4, -0.2) is 42.4 Å². The molecule has 0 radical (unpaired) electrons. The van der Waals surface area contributed by atoms with Crippen LogP contribution in [0.15, 0.2) is 47.2 Å². The lowest BCUT2D eigenvalue weighted by molar-refractivity contribution is 0.0655. The Morgan fingerprint density at radius 2 is 2.00 bits per heavy atom. The van der Waals surface area contributed by atoms with Gasteiger partial charge < -0.3 is 14.7 Å². The topological polar surface area (TPSA) is 32.7 Å². The fourth-order valence-electron chi connectivity index (χ4n) is 2.18. The highest BCUT2D eigenvalue weighted by Gasteiger charge is 2.15. The van der Waals surface area contributed by atoms with Gasteiger partial charge in [0.15, 0.2) is 0 Å². The quantitative estimate of drug-likeness (QED) is 0.813. The Labute approximate surface area is 130 Å². The predicted molar refractivity (Wildman–Crippen MR) is 88.1 cm³/mol. The van der Waals surface area contributed by atoms with E-state index in [1.807, 2.05) is 37.4 Å². The number of benzene rings is 1. The van der Waals surface area contributed by atoms with Crippen LogP contribution in [0.1, 0.15) is 12.5 Å². The average Bonchev–Trinajstić information content (AvgIpc) is 2.99. The van der Waals surface area contributed by atoms with E-state index in [0.29, 0.717) is 19.2 Å². The average molecular weight is 305 g/mol. The van der Waals surface area contributed by atoms with Gasteiger partial charge in [-0.1, -0.05) is 18.2 Å². The van der Waals surface area contributed by atoms with Gasteiger partial charge in [-0.15, -0.1) is 0 Å². The fourth-order valence-corrected chi connectivity index (χ4v) is 2.86. The van der Waals surface area contributed by atoms with Gasteiger partial charge in [0.05, 0.1) is 0 Å². The zero-order valence-corrected chi connectivity index (χ0v) is 13.4. The molecule has 2 aromatic rings. The third-order valence-electron chi connectivity index (χ3n) is 3.55. The number of ether oxygens (including phenoxy) is 1. The summed E-state index contributed by atoms with van der Waals surface area (Å²) in [6.07, 6.45) is 0.520. The van der Waals surface area contributed by atoms with E-state index in [-0.39, 0.29) is 0 Å². The molecule has 3 nitrogen and oxygen atoms in total. The molecule has 0 saturated carbocycles. The highest BCUT2D eigenvalue weighted by molar-refractivity contribution is 7.07. The number of aliphatic hydroxyl groups is 1. The molecule has 0 spiro atoms. The molecule has 0 aliphatic carbocycles. The van der Waals surface area contributed by atoms with E-state index in [1.165, 1.54) is 5.56 Å². The van der Waals surface area contributed by atoms with E-state index in [4.69, 9.17) is 4.74 Å². The molecule has 0 aliphatic rings. The van der Waals surface area contributed by atoms with Crippen molar-refractivity contribution in [2.24, 2.45) is 0 Å². The molecule has 1 aromatic heterocycles. The summed E-state index contributed by atoms with van der Waals surface area (Å²) in [7, 11) is 2.04. The smallest absolute Gasteiger partial charge is 0.119 e. The second-order valence-electron chi connectivity index (χ2n) is 5.40. The maximum absolute atomic E-state index is 10.1. The number of para-hydroxylation sites is 1. The van der Waals surface area contributed by atoms with E-state index >= 15 is 0 Å². The van der Waals surface area contributed by atoms with E-state index < -0.39 is 6.10 Å². The van der Waals surface area contributed by atoms with Crippen molar-refractivity contribution >= 4 is 11.3 Å². The molecule has 1 N–H and O–H groups in total. The van der Waals surface area contributed by atoms with Gasteiger partial charge in [-0.25, -0.2) is 0 Å². The van der Waals surface area contributed by atoms with Gasteiger partial charge in [0.25, 0.3) is 0 Å². The number of hydrogen-bond acceptors (Lipinski definition) is 4. The van der Waals surface area contributed by atoms with Crippen LogP contribution in [0.5, 0.6) is 5.75 Å². The molecule has 2 unspecified atom stereocenters. The first-order valence-corrected chi connectivity index (χ1v) is 8.16. The van der Waals surface area contributed by atoms with Gasteiger partial charge in [-0.3, -0.25) is 0 Å². The third kappa shape index (κ3) is 5.50. The van der Waals surface area contributed by atoms with Crippen LogP contribution in [0.25, 0.3) is 0 Å². The summed E-state index contributed by atoms with van der Waals surface area (Å²) in [6.45, 7) is 3.11. The second kappa shape index (κ2) is 8.17. The lowest BCUT2D eigenvalue weighted by Gasteiger charge is -2.26. The predicted octanol–water partition coefficient (Wildman–Crippen LogP) is 3.05. The van der Waals surface area contributed by atoms with E-state index in [0.717, 1.165) is 12.2 Å². The Balaban J connectivity index is 1.72. The maximum Gasteiger partial charge on any atom is 0.119 e. The summed E-state index contributed by atoms with van der Waals surface area (Å²) < 4.78 is 5.58. The molecule has 4 heteroatoms. The first-order valence-electron chi connectivity index (χ1n) is 7.22. The third-order valence-corrected chi connectivity index (χ3v) is 4.28. The maximum atomic E-state index is 10.1. The number of hydrogen-bond donors (Lipinski definition) is 1. The standard InChI is InChI=1S/C17H23NO2S/c1-14(10-15-8-9-21-13-15)18(2)11-16(19)12-20-17-6-4-3-5-7-17/h3-9,13-14,16,19H,10-12H2,1-2H3. The van der Waals surface area contributed by atoms with Crippen LogP contribution in [0.2, 0.25) is 0 Å². The van der Waals surface area contributed by atoms with E-state index in [9.17, 15) is 5.11 Å². The molecule has 2 rings (SSSR count). The molecule has 0 amide bonds. The van der Waals surface area contributed by atoms with Gasteiger partial charge >= 0.3 is 0 Å². The minimum atomic E-state index is -0.486. The van der Waals surface area contributed by atoms with Crippen LogP contribution in [-0.2, 0) is 6.42 Å². The van der Waals surface area contributed by atoms with Gasteiger partial charge in [-0.05, 0) is 54.9 Å². The number of aliphatic hydroxyl groups excluding tert-OH is 1. The summed E-state index contributed by atoms with van der Waals surface area (Å²) in [5, 5.41) is 14.4. The molecule has 21 heavy (non-hydrogen) atoms. The number of thiophene rings is 1. The molecule has 0 bridgehead atoms. The van der Waals surface area contributed by atoms with Crippen LogP contribution >= 0.6 is 11.3 Å². The zero-order valence-electron chi connectivity index (χ0n) is 12.6. The van der Waals surface area contributed by atoms with Gasteiger partial charge in [-0.2, -0.15) is 11.3 Å². The van der Waals surface area contributed by atoms with E-state index in [2.05, 4.69) is 28.7 Å². The summed E-state index contributed by atoms with van der Waals surface area (Å²) in [4.78, 5) is 2.18. The van der Waals surface area contributed by atoms with Crippen LogP contribution in [0, 0.1) is 0 Å². The first-order chi connectivity index (χ1) is 10.1. The van der Waals surface area contributed by atoms with Crippen molar-refractivity contribution in [2.45, 2.75) is 25.5 Å². The Hall–Kier alpha value is -1.36. The van der Waals surface area contributed by atoms with Crippen molar-refractivity contribution in [3.63, 3.8) is 0 Å². The van der Waals surface area contributed by atoms with Crippen molar-refractivity contribution in [1.29, 1.82) is 0 Å². The molecule has 114 valence electrons. The minimum Gasteiger partial charge on any atom is -0.491 e. The highest BCUT2D eigenvalue weighted by atomic mass is 32.1. The monoisotopic (exact) mass is 305 g/mol. The normalized spacial score (nSPS) is 14.1. The number of nitrogens with zero attached hydrogens (tertiary/aromatic N) is 1. The van der Waals surface area contributed by atoms with Gasteiger partial charge in [0, 0.05) is 12.6 Å². The molecular weight excluding hydrogens is 282 g/mol. The second-order valence-corrected chi connectivity index (χ2v) is 6.18. The van der Waals surface area contributed by atoms with Crippen LogP contribution in [0.4, 0.5) is 0 Å². The Morgan fingerprint density at radius 3 is 2.67 bits per heavy atom. The van der Waals surface area contributed by atoms with Crippen LogP contribution < -0.4 is 4.74 Å².